The summed E-state index contributed by atoms with van der Waals surface area (Å²) in [6.07, 6.45) is 7.21. The molecule has 1 saturated heterocycles. The third-order valence-corrected chi connectivity index (χ3v) is 3.26. The van der Waals surface area contributed by atoms with Crippen LogP contribution < -0.4 is 0 Å². The minimum absolute atomic E-state index is 0.351. The highest BCUT2D eigenvalue weighted by Gasteiger charge is 2.34. The van der Waals surface area contributed by atoms with Crippen molar-refractivity contribution in [1.82, 2.24) is 0 Å². The van der Waals surface area contributed by atoms with Crippen LogP contribution in [0.2, 0.25) is 0 Å². The second-order valence-corrected chi connectivity index (χ2v) is 4.56. The van der Waals surface area contributed by atoms with Crippen molar-refractivity contribution in [2.75, 3.05) is 19.8 Å². The van der Waals surface area contributed by atoms with Gasteiger partial charge in [0.05, 0.1) is 13.2 Å². The maximum absolute atomic E-state index is 10.1. The van der Waals surface area contributed by atoms with E-state index in [9.17, 15) is 5.11 Å². The van der Waals surface area contributed by atoms with Crippen LogP contribution in [0.3, 0.4) is 0 Å². The quantitative estimate of drug-likeness (QED) is 0.737. The molecule has 1 saturated carbocycles. The number of rotatable bonds is 2. The van der Waals surface area contributed by atoms with Crippen LogP contribution in [0.1, 0.15) is 38.5 Å². The Balaban J connectivity index is 1.81. The Morgan fingerprint density at radius 1 is 1.14 bits per heavy atom. The molecule has 14 heavy (non-hydrogen) atoms. The number of hydrogen-bond donors (Lipinski definition) is 1. The van der Waals surface area contributed by atoms with Crippen LogP contribution in [0, 0.1) is 5.92 Å². The van der Waals surface area contributed by atoms with E-state index in [0.29, 0.717) is 25.7 Å². The molecule has 0 radical (unpaired) electrons. The molecule has 2 aliphatic rings. The molecular weight excluding hydrogens is 180 g/mol. The summed E-state index contributed by atoms with van der Waals surface area (Å²) in [4.78, 5) is 0. The topological polar surface area (TPSA) is 38.7 Å². The van der Waals surface area contributed by atoms with Gasteiger partial charge in [0.15, 0.2) is 5.79 Å². The van der Waals surface area contributed by atoms with E-state index >= 15 is 0 Å². The Bertz CT molecular complexity index is 169. The summed E-state index contributed by atoms with van der Waals surface area (Å²) < 4.78 is 10.7. The first-order valence-corrected chi connectivity index (χ1v) is 5.73. The van der Waals surface area contributed by atoms with Gasteiger partial charge in [-0.3, -0.25) is 0 Å². The minimum atomic E-state index is -0.986. The first-order valence-electron chi connectivity index (χ1n) is 5.73. The van der Waals surface area contributed by atoms with Crippen molar-refractivity contribution in [3.8, 4) is 0 Å². The average Bonchev–Trinajstić information content (AvgIpc) is 2.19. The van der Waals surface area contributed by atoms with E-state index in [1.807, 2.05) is 0 Å². The van der Waals surface area contributed by atoms with Crippen molar-refractivity contribution in [3.63, 3.8) is 0 Å². The molecule has 1 atom stereocenters. The Morgan fingerprint density at radius 2 is 1.93 bits per heavy atom. The average molecular weight is 200 g/mol. The Kier molecular flexibility index (Phi) is 3.42. The molecule has 0 spiro atoms. The second-order valence-electron chi connectivity index (χ2n) is 4.56. The zero-order chi connectivity index (χ0) is 9.86. The molecule has 0 aromatic carbocycles. The maximum atomic E-state index is 10.1. The van der Waals surface area contributed by atoms with E-state index in [4.69, 9.17) is 9.47 Å². The van der Waals surface area contributed by atoms with Crippen molar-refractivity contribution in [1.29, 1.82) is 0 Å². The van der Waals surface area contributed by atoms with Gasteiger partial charge in [-0.25, -0.2) is 0 Å². The van der Waals surface area contributed by atoms with Crippen LogP contribution in [0.5, 0.6) is 0 Å². The monoisotopic (exact) mass is 200 g/mol. The van der Waals surface area contributed by atoms with Gasteiger partial charge < -0.3 is 14.6 Å². The Morgan fingerprint density at radius 3 is 2.57 bits per heavy atom. The molecule has 0 aromatic rings. The molecule has 3 nitrogen and oxygen atoms in total. The van der Waals surface area contributed by atoms with E-state index in [1.54, 1.807) is 0 Å². The molecular formula is C11H20O3. The summed E-state index contributed by atoms with van der Waals surface area (Å²) in [6.45, 7) is 1.50. The first-order chi connectivity index (χ1) is 6.79. The molecule has 1 unspecified atom stereocenters. The van der Waals surface area contributed by atoms with Crippen LogP contribution in [-0.2, 0) is 9.47 Å². The Labute approximate surface area is 85.4 Å². The summed E-state index contributed by atoms with van der Waals surface area (Å²) in [5.74, 6) is -0.351. The lowest BCUT2D eigenvalue weighted by molar-refractivity contribution is -0.277. The van der Waals surface area contributed by atoms with Crippen molar-refractivity contribution < 1.29 is 14.6 Å². The molecule has 1 aliphatic carbocycles. The van der Waals surface area contributed by atoms with E-state index in [-0.39, 0.29) is 0 Å². The van der Waals surface area contributed by atoms with Gasteiger partial charge >= 0.3 is 0 Å². The van der Waals surface area contributed by atoms with E-state index < -0.39 is 5.79 Å². The van der Waals surface area contributed by atoms with Gasteiger partial charge in [-0.2, -0.15) is 0 Å². The molecule has 0 amide bonds. The zero-order valence-corrected chi connectivity index (χ0v) is 8.71. The maximum Gasteiger partial charge on any atom is 0.189 e. The molecule has 3 heteroatoms. The lowest BCUT2D eigenvalue weighted by Gasteiger charge is -2.35. The number of aliphatic hydroxyl groups is 1. The fourth-order valence-corrected chi connectivity index (χ4v) is 2.52. The van der Waals surface area contributed by atoms with Gasteiger partial charge in [0, 0.05) is 6.42 Å². The first kappa shape index (κ1) is 10.4. The molecule has 0 aromatic heterocycles. The van der Waals surface area contributed by atoms with Crippen molar-refractivity contribution >= 4 is 0 Å². The van der Waals surface area contributed by atoms with Gasteiger partial charge in [0.25, 0.3) is 0 Å². The van der Waals surface area contributed by atoms with E-state index in [2.05, 4.69) is 0 Å². The lowest BCUT2D eigenvalue weighted by Crippen LogP contribution is -2.44. The fourth-order valence-electron chi connectivity index (χ4n) is 2.52. The van der Waals surface area contributed by atoms with Crippen LogP contribution in [0.25, 0.3) is 0 Å². The van der Waals surface area contributed by atoms with Gasteiger partial charge in [-0.15, -0.1) is 0 Å². The van der Waals surface area contributed by atoms with Gasteiger partial charge in [-0.1, -0.05) is 32.1 Å². The predicted molar refractivity (Wildman–Crippen MR) is 52.9 cm³/mol. The highest BCUT2D eigenvalue weighted by atomic mass is 16.7. The SMILES string of the molecule is OC1(CC2CCCCC2)COCCO1. The third kappa shape index (κ3) is 2.69. The smallest absolute Gasteiger partial charge is 0.189 e. The summed E-state index contributed by atoms with van der Waals surface area (Å²) in [5.41, 5.74) is 0. The molecule has 1 heterocycles. The van der Waals surface area contributed by atoms with Gasteiger partial charge in [-0.05, 0) is 5.92 Å². The van der Waals surface area contributed by atoms with Crippen LogP contribution in [0.4, 0.5) is 0 Å². The van der Waals surface area contributed by atoms with Crippen molar-refractivity contribution in [3.05, 3.63) is 0 Å². The number of hydrogen-bond acceptors (Lipinski definition) is 3. The summed E-state index contributed by atoms with van der Waals surface area (Å²) in [6, 6.07) is 0. The molecule has 1 N–H and O–H groups in total. The van der Waals surface area contributed by atoms with E-state index in [1.165, 1.54) is 32.1 Å². The molecule has 2 rings (SSSR count). The molecule has 1 aliphatic heterocycles. The minimum Gasteiger partial charge on any atom is -0.373 e. The normalized spacial score (nSPS) is 35.8. The summed E-state index contributed by atoms with van der Waals surface area (Å²) in [7, 11) is 0. The number of ether oxygens (including phenoxy) is 2. The molecule has 82 valence electrons. The lowest BCUT2D eigenvalue weighted by atomic mass is 9.84. The van der Waals surface area contributed by atoms with Crippen molar-refractivity contribution in [2.45, 2.75) is 44.3 Å². The van der Waals surface area contributed by atoms with Crippen LogP contribution in [-0.4, -0.2) is 30.7 Å². The van der Waals surface area contributed by atoms with Crippen LogP contribution >= 0.6 is 0 Å². The second kappa shape index (κ2) is 4.60. The van der Waals surface area contributed by atoms with E-state index in [0.717, 1.165) is 6.42 Å². The standard InChI is InChI=1S/C11H20O3/c12-11(9-13-6-7-14-11)8-10-4-2-1-3-5-10/h10,12H,1-9H2. The zero-order valence-electron chi connectivity index (χ0n) is 8.71. The molecule has 2 fully saturated rings. The highest BCUT2D eigenvalue weighted by molar-refractivity contribution is 4.77. The predicted octanol–water partition coefficient (Wildman–Crippen LogP) is 1.69. The summed E-state index contributed by atoms with van der Waals surface area (Å²) >= 11 is 0. The van der Waals surface area contributed by atoms with Crippen molar-refractivity contribution in [2.24, 2.45) is 5.92 Å². The highest BCUT2D eigenvalue weighted by Crippen LogP contribution is 2.32. The Hall–Kier alpha value is -0.120. The van der Waals surface area contributed by atoms with Gasteiger partial charge in [0.2, 0.25) is 0 Å². The largest absolute Gasteiger partial charge is 0.373 e. The van der Waals surface area contributed by atoms with Crippen LogP contribution in [0.15, 0.2) is 0 Å². The fraction of sp³-hybridized carbons (Fsp3) is 1.00. The summed E-state index contributed by atoms with van der Waals surface area (Å²) in [5, 5.41) is 10.1. The molecule has 0 bridgehead atoms. The third-order valence-electron chi connectivity index (χ3n) is 3.26. The van der Waals surface area contributed by atoms with Gasteiger partial charge in [0.1, 0.15) is 6.61 Å².